The molecule has 22 heavy (non-hydrogen) atoms. The Morgan fingerprint density at radius 2 is 2.05 bits per heavy atom. The monoisotopic (exact) mass is 306 g/mol. The van der Waals surface area contributed by atoms with Gasteiger partial charge in [0.15, 0.2) is 0 Å². The Hall–Kier alpha value is -1.88. The third-order valence-electron chi connectivity index (χ3n) is 3.90. The van der Waals surface area contributed by atoms with E-state index in [1.165, 1.54) is 0 Å². The van der Waals surface area contributed by atoms with E-state index in [0.29, 0.717) is 0 Å². The van der Waals surface area contributed by atoms with E-state index in [-0.39, 0.29) is 31.9 Å². The first kappa shape index (κ1) is 16.5. The highest BCUT2D eigenvalue weighted by atomic mass is 16.5. The van der Waals surface area contributed by atoms with Crippen LogP contribution in [0.25, 0.3) is 0 Å². The van der Waals surface area contributed by atoms with E-state index in [0.717, 1.165) is 30.6 Å². The topological polar surface area (TPSA) is 58.6 Å². The highest BCUT2D eigenvalue weighted by Gasteiger charge is 2.27. The largest absolute Gasteiger partial charge is 0.461 e. The first-order chi connectivity index (χ1) is 10.5. The van der Waals surface area contributed by atoms with Gasteiger partial charge in [0.2, 0.25) is 5.91 Å². The van der Waals surface area contributed by atoms with Crippen molar-refractivity contribution in [1.82, 2.24) is 4.90 Å². The number of likely N-dealkylation sites (tertiary alicyclic amines) is 1. The number of amides is 1. The van der Waals surface area contributed by atoms with Gasteiger partial charge >= 0.3 is 5.97 Å². The van der Waals surface area contributed by atoms with Crippen molar-refractivity contribution in [2.75, 3.05) is 18.9 Å². The molecule has 1 N–H and O–H groups in total. The highest BCUT2D eigenvalue weighted by molar-refractivity contribution is 5.95. The normalized spacial score (nSPS) is 18.5. The van der Waals surface area contributed by atoms with Gasteiger partial charge in [-0.05, 0) is 44.1 Å². The van der Waals surface area contributed by atoms with Gasteiger partial charge < -0.3 is 10.1 Å². The van der Waals surface area contributed by atoms with Gasteiger partial charge in [0, 0.05) is 7.11 Å². The van der Waals surface area contributed by atoms with Gasteiger partial charge in [-0.1, -0.05) is 26.0 Å². The minimum absolute atomic E-state index is 0. The van der Waals surface area contributed by atoms with E-state index in [1.54, 1.807) is 13.8 Å². The predicted octanol–water partition coefficient (Wildman–Crippen LogP) is 2.66. The molecule has 122 valence electrons. The molecule has 1 amide bonds. The number of nitrogens with one attached hydrogen (secondary N) is 1. The summed E-state index contributed by atoms with van der Waals surface area (Å²) in [4.78, 5) is 25.7. The number of carbonyl (C=O) groups is 2. The fourth-order valence-electron chi connectivity index (χ4n) is 2.47. The van der Waals surface area contributed by atoms with Crippen molar-refractivity contribution < 1.29 is 15.8 Å². The average molecular weight is 306 g/mol. The van der Waals surface area contributed by atoms with Crippen molar-refractivity contribution in [3.63, 3.8) is 0 Å². The van der Waals surface area contributed by atoms with Crippen LogP contribution in [0.2, 0.25) is 0 Å². The predicted molar refractivity (Wildman–Crippen MR) is 87.5 cm³/mol. The first-order valence-electron chi connectivity index (χ1n) is 7.74. The zero-order valence-corrected chi connectivity index (χ0v) is 13.5. The number of nitrogens with zero attached hydrogens (tertiary/aromatic N) is 1. The van der Waals surface area contributed by atoms with Gasteiger partial charge in [-0.25, -0.2) is 0 Å². The Balaban J connectivity index is 0.00000264. The van der Waals surface area contributed by atoms with Crippen LogP contribution in [0.1, 0.15) is 33.7 Å². The number of benzene rings is 1. The molecule has 0 bridgehead atoms. The van der Waals surface area contributed by atoms with E-state index in [2.05, 4.69) is 10.2 Å². The quantitative estimate of drug-likeness (QED) is 0.850. The van der Waals surface area contributed by atoms with Crippen LogP contribution in [0.5, 0.6) is 0 Å². The number of anilines is 1. The lowest BCUT2D eigenvalue weighted by Gasteiger charge is -2.18. The summed E-state index contributed by atoms with van der Waals surface area (Å²) >= 11 is 0. The van der Waals surface area contributed by atoms with E-state index in [4.69, 9.17) is 4.74 Å². The second-order valence-corrected chi connectivity index (χ2v) is 6.09. The molecule has 1 atom stereocenters. The van der Waals surface area contributed by atoms with Crippen LogP contribution < -0.4 is 5.32 Å². The fourth-order valence-corrected chi connectivity index (χ4v) is 2.47. The van der Waals surface area contributed by atoms with Crippen molar-refractivity contribution in [3.8, 4) is 0 Å². The maximum atomic E-state index is 12.2. The van der Waals surface area contributed by atoms with Crippen LogP contribution >= 0.6 is 0 Å². The average Bonchev–Trinajstić information content (AvgIpc) is 2.92. The van der Waals surface area contributed by atoms with E-state index >= 15 is 0 Å². The molecule has 5 nitrogen and oxygen atoms in total. The van der Waals surface area contributed by atoms with E-state index < -0.39 is 0 Å². The molecule has 1 aliphatic heterocycles. The summed E-state index contributed by atoms with van der Waals surface area (Å²) < 4.78 is 5.17. The molecule has 1 unspecified atom stereocenters. The molecule has 2 rings (SSSR count). The maximum Gasteiger partial charge on any atom is 0.308 e. The van der Waals surface area contributed by atoms with E-state index in [1.807, 2.05) is 31.3 Å². The molecule has 1 aromatic carbocycles. The summed E-state index contributed by atoms with van der Waals surface area (Å²) in [5, 5.41) is 2.94. The summed E-state index contributed by atoms with van der Waals surface area (Å²) in [7, 11) is 1.98. The SMILES string of the molecule is CC(C)C(=O)OCc1ccc(NC(=O)C2CCCN2C)cc1.[HH]. The highest BCUT2D eigenvalue weighted by Crippen LogP contribution is 2.18. The lowest BCUT2D eigenvalue weighted by molar-refractivity contribution is -0.148. The summed E-state index contributed by atoms with van der Waals surface area (Å²) in [6.45, 7) is 4.84. The van der Waals surface area contributed by atoms with Crippen LogP contribution in [0.4, 0.5) is 5.69 Å². The third-order valence-corrected chi connectivity index (χ3v) is 3.90. The summed E-state index contributed by atoms with van der Waals surface area (Å²) in [6, 6.07) is 7.37. The van der Waals surface area contributed by atoms with Gasteiger partial charge in [-0.3, -0.25) is 14.5 Å². The smallest absolute Gasteiger partial charge is 0.308 e. The van der Waals surface area contributed by atoms with Crippen molar-refractivity contribution in [2.24, 2.45) is 5.92 Å². The Bertz CT molecular complexity index is 531. The van der Waals surface area contributed by atoms with Crippen molar-refractivity contribution in [2.45, 2.75) is 39.3 Å². The Kier molecular flexibility index (Phi) is 5.55. The molecular formula is C17H26N2O3. The number of rotatable bonds is 5. The number of ether oxygens (including phenoxy) is 1. The molecular weight excluding hydrogens is 280 g/mol. The Morgan fingerprint density at radius 3 is 2.59 bits per heavy atom. The van der Waals surface area contributed by atoms with Gasteiger partial charge in [0.1, 0.15) is 6.61 Å². The maximum absolute atomic E-state index is 12.2. The molecule has 1 heterocycles. The number of hydrogen-bond acceptors (Lipinski definition) is 4. The number of likely N-dealkylation sites (N-methyl/N-ethyl adjacent to an activating group) is 1. The van der Waals surface area contributed by atoms with Crippen molar-refractivity contribution in [1.29, 1.82) is 0 Å². The van der Waals surface area contributed by atoms with Crippen molar-refractivity contribution in [3.05, 3.63) is 29.8 Å². The molecule has 0 saturated carbocycles. The Morgan fingerprint density at radius 1 is 1.36 bits per heavy atom. The second-order valence-electron chi connectivity index (χ2n) is 6.09. The first-order valence-corrected chi connectivity index (χ1v) is 7.74. The molecule has 5 heteroatoms. The summed E-state index contributed by atoms with van der Waals surface area (Å²) in [5.74, 6) is -0.289. The lowest BCUT2D eigenvalue weighted by Crippen LogP contribution is -2.37. The zero-order chi connectivity index (χ0) is 16.1. The molecule has 0 spiro atoms. The molecule has 1 aliphatic rings. The van der Waals surface area contributed by atoms with Gasteiger partial charge in [-0.15, -0.1) is 0 Å². The Labute approximate surface area is 133 Å². The fraction of sp³-hybridized carbons (Fsp3) is 0.529. The van der Waals surface area contributed by atoms with E-state index in [9.17, 15) is 9.59 Å². The molecule has 1 saturated heterocycles. The number of hydrogen-bond donors (Lipinski definition) is 1. The molecule has 1 fully saturated rings. The van der Waals surface area contributed by atoms with Gasteiger partial charge in [-0.2, -0.15) is 0 Å². The minimum Gasteiger partial charge on any atom is -0.461 e. The number of carbonyl (C=O) groups excluding carboxylic acids is 2. The molecule has 1 aromatic rings. The summed E-state index contributed by atoms with van der Waals surface area (Å²) in [6.07, 6.45) is 1.97. The lowest BCUT2D eigenvalue weighted by atomic mass is 10.2. The zero-order valence-electron chi connectivity index (χ0n) is 13.5. The third kappa shape index (κ3) is 4.31. The molecule has 0 aromatic heterocycles. The van der Waals surface area contributed by atoms with Crippen LogP contribution in [0.15, 0.2) is 24.3 Å². The van der Waals surface area contributed by atoms with Crippen LogP contribution in [0, 0.1) is 5.92 Å². The molecule has 0 aliphatic carbocycles. The standard InChI is InChI=1S/C17H24N2O3.H2/c1-12(2)17(21)22-11-13-6-8-14(9-7-13)18-16(20)15-5-4-10-19(15)3;/h6-9,12,15H,4-5,10-11H2,1-3H3,(H,18,20);1H. The van der Waals surface area contributed by atoms with Crippen LogP contribution in [-0.4, -0.2) is 36.4 Å². The van der Waals surface area contributed by atoms with Gasteiger partial charge in [0.25, 0.3) is 0 Å². The number of esters is 1. The van der Waals surface area contributed by atoms with Crippen molar-refractivity contribution >= 4 is 17.6 Å². The second kappa shape index (κ2) is 7.40. The van der Waals surface area contributed by atoms with Crippen LogP contribution in [-0.2, 0) is 20.9 Å². The van der Waals surface area contributed by atoms with Crippen LogP contribution in [0.3, 0.4) is 0 Å². The summed E-state index contributed by atoms with van der Waals surface area (Å²) in [5.41, 5.74) is 1.68. The van der Waals surface area contributed by atoms with Gasteiger partial charge in [0.05, 0.1) is 12.0 Å². The minimum atomic E-state index is -0.207. The molecule has 0 radical (unpaired) electrons.